The van der Waals surface area contributed by atoms with Crippen LogP contribution in [0.1, 0.15) is 17.5 Å². The van der Waals surface area contributed by atoms with Gasteiger partial charge in [-0.3, -0.25) is 4.79 Å². The second kappa shape index (κ2) is 6.24. The number of amides is 1. The molecule has 0 aliphatic carbocycles. The van der Waals surface area contributed by atoms with Crippen molar-refractivity contribution in [2.45, 2.75) is 32.5 Å². The number of benzene rings is 1. The van der Waals surface area contributed by atoms with Gasteiger partial charge in [-0.05, 0) is 25.0 Å². The van der Waals surface area contributed by atoms with Crippen LogP contribution in [0.2, 0.25) is 0 Å². The highest BCUT2D eigenvalue weighted by Crippen LogP contribution is 2.22. The van der Waals surface area contributed by atoms with Crippen LogP contribution in [0.5, 0.6) is 5.75 Å². The molecule has 1 aromatic rings. The van der Waals surface area contributed by atoms with Crippen molar-refractivity contribution in [1.82, 2.24) is 4.90 Å². The van der Waals surface area contributed by atoms with Crippen molar-refractivity contribution in [3.05, 3.63) is 29.3 Å². The van der Waals surface area contributed by atoms with Gasteiger partial charge in [-0.2, -0.15) is 0 Å². The molecule has 0 aromatic heterocycles. The fraction of sp³-hybridized carbons (Fsp3) is 0.533. The molecule has 0 radical (unpaired) electrons. The molecule has 1 aromatic carbocycles. The zero-order chi connectivity index (χ0) is 14.7. The molecule has 1 amide bonds. The molecule has 2 rings (SSSR count). The van der Waals surface area contributed by atoms with Crippen LogP contribution in [-0.4, -0.2) is 52.9 Å². The summed E-state index contributed by atoms with van der Waals surface area (Å²) in [7, 11) is 0. The lowest BCUT2D eigenvalue weighted by Crippen LogP contribution is -2.30. The van der Waals surface area contributed by atoms with E-state index in [-0.39, 0.29) is 25.4 Å². The molecule has 5 heteroatoms. The monoisotopic (exact) mass is 279 g/mol. The number of rotatable bonds is 4. The highest BCUT2D eigenvalue weighted by atomic mass is 16.5. The Labute approximate surface area is 118 Å². The molecule has 1 saturated heterocycles. The number of likely N-dealkylation sites (tertiary alicyclic amines) is 1. The van der Waals surface area contributed by atoms with Crippen molar-refractivity contribution >= 4 is 5.91 Å². The number of para-hydroxylation sites is 1. The smallest absolute Gasteiger partial charge is 0.226 e. The third kappa shape index (κ3) is 3.29. The highest BCUT2D eigenvalue weighted by Gasteiger charge is 2.32. The van der Waals surface area contributed by atoms with E-state index < -0.39 is 12.2 Å². The molecule has 1 aliphatic rings. The SMILES string of the molecule is Cc1cccc(C)c1OCCC(=O)N1CC(O)C(O)C1. The maximum atomic E-state index is 11.9. The van der Waals surface area contributed by atoms with Gasteiger partial charge >= 0.3 is 0 Å². The summed E-state index contributed by atoms with van der Waals surface area (Å²) in [6.45, 7) is 4.63. The molecule has 20 heavy (non-hydrogen) atoms. The zero-order valence-electron chi connectivity index (χ0n) is 11.9. The molecule has 2 N–H and O–H groups in total. The van der Waals surface area contributed by atoms with Gasteiger partial charge in [-0.1, -0.05) is 18.2 Å². The average molecular weight is 279 g/mol. The fourth-order valence-corrected chi connectivity index (χ4v) is 2.40. The van der Waals surface area contributed by atoms with Gasteiger partial charge in [-0.15, -0.1) is 0 Å². The molecule has 2 unspecified atom stereocenters. The van der Waals surface area contributed by atoms with Crippen molar-refractivity contribution in [3.8, 4) is 5.75 Å². The first-order valence-electron chi connectivity index (χ1n) is 6.82. The molecular formula is C15H21NO4. The summed E-state index contributed by atoms with van der Waals surface area (Å²) in [5, 5.41) is 18.8. The minimum absolute atomic E-state index is 0.105. The highest BCUT2D eigenvalue weighted by molar-refractivity contribution is 5.76. The molecule has 5 nitrogen and oxygen atoms in total. The number of β-amino-alcohol motifs (C(OH)–C–C–N with tert-alkyl or cyclic N) is 2. The van der Waals surface area contributed by atoms with Crippen molar-refractivity contribution < 1.29 is 19.7 Å². The Bertz CT molecular complexity index is 459. The maximum Gasteiger partial charge on any atom is 0.226 e. The second-order valence-corrected chi connectivity index (χ2v) is 5.25. The number of carbonyl (C=O) groups is 1. The lowest BCUT2D eigenvalue weighted by Gasteiger charge is -2.16. The van der Waals surface area contributed by atoms with Gasteiger partial charge < -0.3 is 19.8 Å². The van der Waals surface area contributed by atoms with Gasteiger partial charge in [0.25, 0.3) is 0 Å². The Morgan fingerprint density at radius 3 is 2.35 bits per heavy atom. The second-order valence-electron chi connectivity index (χ2n) is 5.25. The quantitative estimate of drug-likeness (QED) is 0.848. The van der Waals surface area contributed by atoms with Crippen LogP contribution in [0.3, 0.4) is 0 Å². The van der Waals surface area contributed by atoms with Gasteiger partial charge in [-0.25, -0.2) is 0 Å². The largest absolute Gasteiger partial charge is 0.493 e. The maximum absolute atomic E-state index is 11.9. The van der Waals surface area contributed by atoms with Gasteiger partial charge in [0.2, 0.25) is 5.91 Å². The zero-order valence-corrected chi connectivity index (χ0v) is 11.9. The normalized spacial score (nSPS) is 22.1. The van der Waals surface area contributed by atoms with Crippen molar-refractivity contribution in [2.75, 3.05) is 19.7 Å². The minimum atomic E-state index is -0.835. The fourth-order valence-electron chi connectivity index (χ4n) is 2.40. The summed E-state index contributed by atoms with van der Waals surface area (Å²) in [6, 6.07) is 5.91. The van der Waals surface area contributed by atoms with E-state index in [1.807, 2.05) is 32.0 Å². The number of aryl methyl sites for hydroxylation is 2. The summed E-state index contributed by atoms with van der Waals surface area (Å²) < 4.78 is 5.68. The van der Waals surface area contributed by atoms with Crippen molar-refractivity contribution in [2.24, 2.45) is 0 Å². The van der Waals surface area contributed by atoms with E-state index in [2.05, 4.69) is 0 Å². The molecular weight excluding hydrogens is 258 g/mol. The van der Waals surface area contributed by atoms with E-state index in [1.54, 1.807) is 0 Å². The lowest BCUT2D eigenvalue weighted by molar-refractivity contribution is -0.131. The van der Waals surface area contributed by atoms with E-state index in [4.69, 9.17) is 4.74 Å². The Hall–Kier alpha value is -1.59. The van der Waals surface area contributed by atoms with E-state index in [0.717, 1.165) is 16.9 Å². The van der Waals surface area contributed by atoms with E-state index in [0.29, 0.717) is 6.61 Å². The molecule has 0 bridgehead atoms. The van der Waals surface area contributed by atoms with E-state index >= 15 is 0 Å². The van der Waals surface area contributed by atoms with Crippen LogP contribution in [0, 0.1) is 13.8 Å². The van der Waals surface area contributed by atoms with Crippen LogP contribution in [-0.2, 0) is 4.79 Å². The van der Waals surface area contributed by atoms with Crippen LogP contribution in [0.4, 0.5) is 0 Å². The topological polar surface area (TPSA) is 70.0 Å². The van der Waals surface area contributed by atoms with Crippen LogP contribution in [0.25, 0.3) is 0 Å². The number of aliphatic hydroxyl groups is 2. The first-order chi connectivity index (χ1) is 9.49. The van der Waals surface area contributed by atoms with Crippen LogP contribution < -0.4 is 4.74 Å². The number of aliphatic hydroxyl groups excluding tert-OH is 2. The third-order valence-electron chi connectivity index (χ3n) is 3.58. The Morgan fingerprint density at radius 2 is 1.80 bits per heavy atom. The van der Waals surface area contributed by atoms with Gasteiger partial charge in [0.15, 0.2) is 0 Å². The summed E-state index contributed by atoms with van der Waals surface area (Å²) >= 11 is 0. The predicted molar refractivity (Wildman–Crippen MR) is 74.6 cm³/mol. The standard InChI is InChI=1S/C15H21NO4/c1-10-4-3-5-11(2)15(10)20-7-6-14(19)16-8-12(17)13(18)9-16/h3-5,12-13,17-18H,6-9H2,1-2H3. The molecule has 2 atom stereocenters. The Kier molecular flexibility index (Phi) is 4.62. The lowest BCUT2D eigenvalue weighted by atomic mass is 10.1. The third-order valence-corrected chi connectivity index (χ3v) is 3.58. The van der Waals surface area contributed by atoms with Gasteiger partial charge in [0.05, 0.1) is 25.2 Å². The van der Waals surface area contributed by atoms with Gasteiger partial charge in [0, 0.05) is 13.1 Å². The average Bonchev–Trinajstić information content (AvgIpc) is 2.73. The molecule has 1 heterocycles. The molecule has 1 fully saturated rings. The summed E-state index contributed by atoms with van der Waals surface area (Å²) in [5.41, 5.74) is 2.09. The van der Waals surface area contributed by atoms with Gasteiger partial charge in [0.1, 0.15) is 5.75 Å². The number of ether oxygens (including phenoxy) is 1. The first-order valence-corrected chi connectivity index (χ1v) is 6.82. The molecule has 0 saturated carbocycles. The molecule has 1 aliphatic heterocycles. The van der Waals surface area contributed by atoms with Crippen molar-refractivity contribution in [1.29, 1.82) is 0 Å². The summed E-state index contributed by atoms with van der Waals surface area (Å²) in [5.74, 6) is 0.716. The first kappa shape index (κ1) is 14.8. The summed E-state index contributed by atoms with van der Waals surface area (Å²) in [6.07, 6.45) is -1.43. The Morgan fingerprint density at radius 1 is 1.25 bits per heavy atom. The van der Waals surface area contributed by atoms with Crippen LogP contribution >= 0.6 is 0 Å². The van der Waals surface area contributed by atoms with E-state index in [9.17, 15) is 15.0 Å². The number of hydrogen-bond acceptors (Lipinski definition) is 4. The summed E-state index contributed by atoms with van der Waals surface area (Å²) in [4.78, 5) is 13.4. The van der Waals surface area contributed by atoms with Crippen molar-refractivity contribution in [3.63, 3.8) is 0 Å². The minimum Gasteiger partial charge on any atom is -0.493 e. The molecule has 0 spiro atoms. The number of hydrogen-bond donors (Lipinski definition) is 2. The Balaban J connectivity index is 1.83. The predicted octanol–water partition coefficient (Wildman–Crippen LogP) is 0.636. The number of carbonyl (C=O) groups excluding carboxylic acids is 1. The van der Waals surface area contributed by atoms with E-state index in [1.165, 1.54) is 4.90 Å². The molecule has 110 valence electrons. The van der Waals surface area contributed by atoms with Crippen LogP contribution in [0.15, 0.2) is 18.2 Å². The number of nitrogens with zero attached hydrogens (tertiary/aromatic N) is 1.